The Morgan fingerprint density at radius 3 is 1.66 bits per heavy atom. The molecule has 1 saturated heterocycles. The smallest absolute Gasteiger partial charge is 0.338 e. The van der Waals surface area contributed by atoms with Gasteiger partial charge in [0.05, 0.1) is 30.8 Å². The van der Waals surface area contributed by atoms with E-state index in [0.717, 1.165) is 24.3 Å². The minimum absolute atomic E-state index is 0.00330. The summed E-state index contributed by atoms with van der Waals surface area (Å²) in [4.78, 5) is 222. The van der Waals surface area contributed by atoms with Crippen LogP contribution in [0.4, 0.5) is 0 Å². The number of amides is 12. The third kappa shape index (κ3) is 36.0. The summed E-state index contributed by atoms with van der Waals surface area (Å²) in [5, 5.41) is 87.4. The van der Waals surface area contributed by atoms with E-state index >= 15 is 0 Å². The Bertz CT molecular complexity index is 3720. The lowest BCUT2D eigenvalue weighted by molar-refractivity contribution is -0.145. The number of likely N-dealkylation sites (tertiary alicyclic amines) is 1. The molecule has 0 aromatic heterocycles. The fourth-order valence-electron chi connectivity index (χ4n) is 12.0. The van der Waals surface area contributed by atoms with E-state index in [4.69, 9.17) is 21.9 Å². The molecule has 0 bridgehead atoms. The number of carboxylic acid groups (broad SMARTS) is 3. The summed E-state index contributed by atoms with van der Waals surface area (Å²) in [5.74, 6) is -18.4. The van der Waals surface area contributed by atoms with Crippen LogP contribution in [0.25, 0.3) is 0 Å². The van der Waals surface area contributed by atoms with Crippen molar-refractivity contribution in [1.82, 2.24) is 63.4 Å². The van der Waals surface area contributed by atoms with E-state index < -0.39 is 217 Å². The normalized spacial score (nSPS) is 16.0. The number of carboxylic acids is 3. The number of aliphatic hydroxyl groups excluding tert-OH is 3. The van der Waals surface area contributed by atoms with Crippen LogP contribution in [0.2, 0.25) is 0 Å². The predicted molar refractivity (Wildman–Crippen MR) is 432 cm³/mol. The highest BCUT2D eigenvalue weighted by molar-refractivity contribution is 7.99. The molecule has 0 radical (unpaired) electrons. The summed E-state index contributed by atoms with van der Waals surface area (Å²) in [6.07, 6.45) is -5.86. The zero-order valence-corrected chi connectivity index (χ0v) is 69.1. The molecular formula is C76H118N16O23S2. The standard InChI is InChI=1S/C76H118N16O23S2/c1-40(2)35-50(84-65(104)51(36-44-17-11-10-12-18-44)85-68(107)54(39-116)88-66(105)52(37-58(99)100)86-70(109)59(41(3)4)89-56(96)28-33-117-34-32-115-74(114)45-22-24-46(25-23-45)76(7,8)9)64(103)87-53(38-93)67(106)83-49(20-15-30-80-75(78)79)72(111)92-31-16-21-55(92)69(108)90-60(42(5)94)71(110)82-48(26-27-57(97)98)62(101)81-47(19-13-14-29-77)63(102)91-61(43(6)95)73(112)113/h10-12,17-18,22-25,40-43,47-55,59-61,93-95,116H,13-16,19-21,26-39,77H2,1-9H3,(H,81,101)(H,82,110)(H,83,106)(H,84,104)(H,85,107)(H,86,109)(H,87,103)(H,88,105)(H,89,96)(H,90,108)(H,91,102)(H,97,98)(H,99,100)(H,112,113)(H4,78,79,80)/t42-,43-,47+,48+,49+,50+,51+,52+,53+,54+,55+,59+,60+,61+/m1/s1. The molecule has 23 N–H and O–H groups in total. The number of rotatable bonds is 52. The second-order valence-corrected chi connectivity index (χ2v) is 31.6. The van der Waals surface area contributed by atoms with Crippen LogP contribution in [0.15, 0.2) is 59.6 Å². The summed E-state index contributed by atoms with van der Waals surface area (Å²) in [5.41, 5.74) is 18.5. The Labute approximate surface area is 688 Å². The number of aliphatic imine (C=N–C) groups is 1. The minimum atomic E-state index is -1.91. The summed E-state index contributed by atoms with van der Waals surface area (Å²) in [7, 11) is 0. The van der Waals surface area contributed by atoms with E-state index in [1.54, 1.807) is 70.2 Å². The van der Waals surface area contributed by atoms with Crippen LogP contribution < -0.4 is 75.7 Å². The quantitative estimate of drug-likeness (QED) is 0.0102. The summed E-state index contributed by atoms with van der Waals surface area (Å²) >= 11 is 5.58. The Morgan fingerprint density at radius 1 is 0.573 bits per heavy atom. The molecule has 0 aliphatic carbocycles. The minimum Gasteiger partial charge on any atom is -0.481 e. The SMILES string of the molecule is CC(C)C[C@H](NC(=O)[C@H](Cc1ccccc1)NC(=O)[C@H](CS)NC(=O)[C@H](CC(=O)O)NC(=O)[C@@H](NC(=O)CCSCCOC(=O)c1ccc(C(C)(C)C)cc1)C(C)C)C(=O)N[C@@H](CO)C(=O)N[C@@H](CCCN=C(N)N)C(=O)N1CCC[C@H]1C(=O)N[C@H](C(=O)N[C@@H](CCC(=O)O)C(=O)N[C@@H](CCCCN)C(=O)N[C@H](C(=O)O)[C@@H](C)O)[C@@H](C)O. The van der Waals surface area contributed by atoms with Gasteiger partial charge in [-0.05, 0) is 119 Å². The van der Waals surface area contributed by atoms with Crippen LogP contribution in [-0.2, 0) is 88.5 Å². The van der Waals surface area contributed by atoms with Gasteiger partial charge in [-0.15, -0.1) is 0 Å². The number of carbonyl (C=O) groups excluding carboxylic acids is 13. The van der Waals surface area contributed by atoms with Gasteiger partial charge in [-0.2, -0.15) is 24.4 Å². The van der Waals surface area contributed by atoms with Crippen molar-refractivity contribution in [3.8, 4) is 0 Å². The summed E-state index contributed by atoms with van der Waals surface area (Å²) in [6.45, 7) is 13.8. The van der Waals surface area contributed by atoms with E-state index in [1.807, 2.05) is 12.1 Å². The van der Waals surface area contributed by atoms with E-state index in [9.17, 15) is 107 Å². The number of nitrogens with zero attached hydrogens (tertiary/aromatic N) is 2. The Kier molecular flexibility index (Phi) is 44.1. The molecule has 0 unspecified atom stereocenters. The van der Waals surface area contributed by atoms with Gasteiger partial charge in [0.15, 0.2) is 12.0 Å². The van der Waals surface area contributed by atoms with Gasteiger partial charge in [0.1, 0.15) is 73.1 Å². The first-order chi connectivity index (χ1) is 55.0. The first-order valence-corrected chi connectivity index (χ1v) is 40.3. The maximum atomic E-state index is 14.8. The number of thiol groups is 1. The van der Waals surface area contributed by atoms with Crippen molar-refractivity contribution in [2.24, 2.45) is 34.0 Å². The number of nitrogens with one attached hydrogen (secondary N) is 11. The molecule has 1 aliphatic heterocycles. The van der Waals surface area contributed by atoms with Crippen molar-refractivity contribution in [3.05, 3.63) is 71.3 Å². The molecule has 12 amide bonds. The number of carbonyl (C=O) groups is 16. The highest BCUT2D eigenvalue weighted by Gasteiger charge is 2.42. The molecule has 117 heavy (non-hydrogen) atoms. The number of ether oxygens (including phenoxy) is 1. The average molecular weight is 1690 g/mol. The lowest BCUT2D eigenvalue weighted by Gasteiger charge is -2.31. The zero-order valence-electron chi connectivity index (χ0n) is 67.4. The lowest BCUT2D eigenvalue weighted by atomic mass is 9.87. The number of unbranched alkanes of at least 4 members (excludes halogenated alkanes) is 1. The number of nitrogens with two attached hydrogens (primary N) is 3. The second-order valence-electron chi connectivity index (χ2n) is 30.0. The van der Waals surface area contributed by atoms with Gasteiger partial charge in [0.2, 0.25) is 70.9 Å². The second kappa shape index (κ2) is 51.1. The number of guanidine groups is 1. The van der Waals surface area contributed by atoms with Crippen LogP contribution in [0.5, 0.6) is 0 Å². The molecule has 1 heterocycles. The molecule has 0 saturated carbocycles. The maximum Gasteiger partial charge on any atom is 0.338 e. The van der Waals surface area contributed by atoms with Crippen LogP contribution in [-0.4, -0.2) is 271 Å². The molecule has 41 heteroatoms. The number of aliphatic carboxylic acids is 3. The number of benzene rings is 2. The average Bonchev–Trinajstić information content (AvgIpc) is 1.73. The first kappa shape index (κ1) is 101. The van der Waals surface area contributed by atoms with Crippen molar-refractivity contribution in [2.45, 2.75) is 236 Å². The van der Waals surface area contributed by atoms with Gasteiger partial charge >= 0.3 is 23.9 Å². The van der Waals surface area contributed by atoms with E-state index in [-0.39, 0.29) is 107 Å². The number of aliphatic hydroxyl groups is 3. The van der Waals surface area contributed by atoms with Crippen LogP contribution >= 0.6 is 24.4 Å². The topological polar surface area (TPSA) is 630 Å². The molecule has 1 fully saturated rings. The largest absolute Gasteiger partial charge is 0.481 e. The van der Waals surface area contributed by atoms with Gasteiger partial charge < -0.3 is 116 Å². The number of hydrogen-bond donors (Lipinski definition) is 21. The van der Waals surface area contributed by atoms with E-state index in [0.29, 0.717) is 23.3 Å². The zero-order chi connectivity index (χ0) is 88.0. The summed E-state index contributed by atoms with van der Waals surface area (Å²) in [6, 6.07) is -4.37. The third-order valence-electron chi connectivity index (χ3n) is 18.5. The number of hydrogen-bond acceptors (Lipinski definition) is 24. The predicted octanol–water partition coefficient (Wildman–Crippen LogP) is -3.18. The van der Waals surface area contributed by atoms with Gasteiger partial charge in [-0.3, -0.25) is 72.1 Å². The highest BCUT2D eigenvalue weighted by Crippen LogP contribution is 2.24. The molecule has 14 atom stereocenters. The Balaban J connectivity index is 1.83. The number of thioether (sulfide) groups is 1. The highest BCUT2D eigenvalue weighted by atomic mass is 32.2. The number of esters is 1. The van der Waals surface area contributed by atoms with Gasteiger partial charge in [-0.25, -0.2) is 9.59 Å². The van der Waals surface area contributed by atoms with Gasteiger partial charge in [0.25, 0.3) is 0 Å². The van der Waals surface area contributed by atoms with E-state index in [1.165, 1.54) is 11.8 Å². The van der Waals surface area contributed by atoms with Gasteiger partial charge in [-0.1, -0.05) is 90.9 Å². The molecule has 2 aromatic carbocycles. The molecule has 0 spiro atoms. The summed E-state index contributed by atoms with van der Waals surface area (Å²) < 4.78 is 5.38. The van der Waals surface area contributed by atoms with Gasteiger partial charge in [0, 0.05) is 49.6 Å². The lowest BCUT2D eigenvalue weighted by Crippen LogP contribution is -2.62. The molecule has 1 aliphatic rings. The Hall–Kier alpha value is -10.2. The van der Waals surface area contributed by atoms with Crippen molar-refractivity contribution in [1.29, 1.82) is 0 Å². The third-order valence-corrected chi connectivity index (χ3v) is 19.8. The Morgan fingerprint density at radius 2 is 1.09 bits per heavy atom. The fourth-order valence-corrected chi connectivity index (χ4v) is 13.0. The van der Waals surface area contributed by atoms with Crippen molar-refractivity contribution in [2.75, 3.05) is 50.1 Å². The van der Waals surface area contributed by atoms with Crippen molar-refractivity contribution < 1.29 is 112 Å². The molecule has 3 rings (SSSR count). The fraction of sp³-hybridized carbons (Fsp3) is 0.618. The van der Waals surface area contributed by atoms with Crippen LogP contribution in [0.1, 0.15) is 161 Å². The molecular weight excluding hydrogens is 1570 g/mol. The van der Waals surface area contributed by atoms with Crippen molar-refractivity contribution in [3.63, 3.8) is 0 Å². The van der Waals surface area contributed by atoms with Crippen LogP contribution in [0, 0.1) is 11.8 Å². The maximum absolute atomic E-state index is 14.8. The molecule has 39 nitrogen and oxygen atoms in total. The molecule has 2 aromatic rings. The van der Waals surface area contributed by atoms with E-state index in [2.05, 4.69) is 96.9 Å². The molecule has 652 valence electrons. The van der Waals surface area contributed by atoms with Crippen LogP contribution in [0.3, 0.4) is 0 Å². The monoisotopic (exact) mass is 1690 g/mol. The van der Waals surface area contributed by atoms with Crippen molar-refractivity contribution >= 4 is 125 Å². The first-order valence-electron chi connectivity index (χ1n) is 38.6.